The number of halogens is 6. The molecule has 0 aliphatic carbocycles. The van der Waals surface area contributed by atoms with E-state index in [1.165, 1.54) is 5.32 Å². The molecule has 1 rings (SSSR count). The van der Waals surface area contributed by atoms with Crippen molar-refractivity contribution in [1.82, 2.24) is 0 Å². The molecule has 0 bridgehead atoms. The van der Waals surface area contributed by atoms with E-state index in [1.54, 1.807) is 0 Å². The fraction of sp³-hybridized carbons (Fsp3) is 0.200. The van der Waals surface area contributed by atoms with Crippen LogP contribution in [0.2, 0.25) is 0 Å². The third-order valence-electron chi connectivity index (χ3n) is 2.21. The summed E-state index contributed by atoms with van der Waals surface area (Å²) < 4.78 is 72.6. The summed E-state index contributed by atoms with van der Waals surface area (Å²) in [6.45, 7) is 0. The molecule has 0 saturated heterocycles. The van der Waals surface area contributed by atoms with Gasteiger partial charge in [-0.1, -0.05) is 0 Å². The van der Waals surface area contributed by atoms with E-state index in [-0.39, 0.29) is 0 Å². The quantitative estimate of drug-likeness (QED) is 0.499. The second-order valence-corrected chi connectivity index (χ2v) is 3.89. The summed E-state index contributed by atoms with van der Waals surface area (Å²) in [5.74, 6) is -5.01. The minimum atomic E-state index is -5.38. The summed E-state index contributed by atoms with van der Waals surface area (Å²) in [6.07, 6.45) is -10.7. The van der Waals surface area contributed by atoms with Crippen LogP contribution < -0.4 is 10.6 Å². The molecule has 7 nitrogen and oxygen atoms in total. The molecule has 1 aromatic carbocycles. The zero-order valence-electron chi connectivity index (χ0n) is 10.6. The molecular weight excluding hydrogens is 340 g/mol. The van der Waals surface area contributed by atoms with E-state index in [4.69, 9.17) is 0 Å². The Morgan fingerprint density at radius 3 is 1.87 bits per heavy atom. The zero-order chi connectivity index (χ0) is 18.0. The van der Waals surface area contributed by atoms with Gasteiger partial charge in [0.15, 0.2) is 0 Å². The predicted molar refractivity (Wildman–Crippen MR) is 62.5 cm³/mol. The first-order chi connectivity index (χ1) is 10.3. The highest BCUT2D eigenvalue weighted by molar-refractivity contribution is 5.99. The molecule has 13 heteroatoms. The van der Waals surface area contributed by atoms with Gasteiger partial charge in [-0.25, -0.2) is 0 Å². The van der Waals surface area contributed by atoms with Crippen LogP contribution in [0.4, 0.5) is 43.4 Å². The molecule has 126 valence electrons. The topological polar surface area (TPSA) is 101 Å². The fourth-order valence-electron chi connectivity index (χ4n) is 1.27. The van der Waals surface area contributed by atoms with Crippen LogP contribution in [-0.4, -0.2) is 29.1 Å². The van der Waals surface area contributed by atoms with E-state index in [0.29, 0.717) is 18.2 Å². The number of amides is 2. The lowest BCUT2D eigenvalue weighted by Crippen LogP contribution is -2.31. The number of nitro benzene ring substituents is 1. The van der Waals surface area contributed by atoms with Gasteiger partial charge in [0.2, 0.25) is 0 Å². The van der Waals surface area contributed by atoms with E-state index < -0.39 is 46.2 Å². The van der Waals surface area contributed by atoms with Crippen molar-refractivity contribution >= 4 is 28.9 Å². The molecule has 2 amide bonds. The second-order valence-electron chi connectivity index (χ2n) is 3.89. The van der Waals surface area contributed by atoms with Crippen LogP contribution in [0.25, 0.3) is 0 Å². The van der Waals surface area contributed by atoms with Gasteiger partial charge in [-0.3, -0.25) is 19.7 Å². The molecule has 0 fully saturated rings. The number of alkyl halides is 6. The van der Waals surface area contributed by atoms with Crippen molar-refractivity contribution in [1.29, 1.82) is 0 Å². The molecule has 0 spiro atoms. The van der Waals surface area contributed by atoms with Crippen molar-refractivity contribution in [2.45, 2.75) is 12.4 Å². The summed E-state index contributed by atoms with van der Waals surface area (Å²) >= 11 is 0. The van der Waals surface area contributed by atoms with Crippen molar-refractivity contribution in [2.75, 3.05) is 10.6 Å². The summed E-state index contributed by atoms with van der Waals surface area (Å²) in [4.78, 5) is 31.0. The van der Waals surface area contributed by atoms with Crippen LogP contribution in [0.1, 0.15) is 0 Å². The lowest BCUT2D eigenvalue weighted by atomic mass is 10.2. The van der Waals surface area contributed by atoms with Crippen LogP contribution in [0.3, 0.4) is 0 Å². The number of nitro groups is 1. The Morgan fingerprint density at radius 1 is 0.957 bits per heavy atom. The number of carbonyl (C=O) groups excluding carboxylic acids is 2. The van der Waals surface area contributed by atoms with E-state index >= 15 is 0 Å². The van der Waals surface area contributed by atoms with Gasteiger partial charge in [-0.05, 0) is 12.1 Å². The first kappa shape index (κ1) is 18.2. The van der Waals surface area contributed by atoms with E-state index in [9.17, 15) is 46.0 Å². The average Bonchev–Trinajstić information content (AvgIpc) is 2.36. The fourth-order valence-corrected chi connectivity index (χ4v) is 1.27. The van der Waals surface area contributed by atoms with Gasteiger partial charge in [-0.2, -0.15) is 26.3 Å². The molecule has 0 atom stereocenters. The van der Waals surface area contributed by atoms with Crippen LogP contribution in [0.15, 0.2) is 18.2 Å². The standard InChI is InChI=1S/C10H5F6N3O4/c11-9(12,13)7(20)17-4-1-2-6(19(22)23)5(3-4)18-8(21)10(14,15)16/h1-3H,(H,17,20)(H,18,21). The van der Waals surface area contributed by atoms with E-state index in [2.05, 4.69) is 0 Å². The highest BCUT2D eigenvalue weighted by atomic mass is 19.4. The Kier molecular flexibility index (Phi) is 4.82. The number of anilines is 2. The van der Waals surface area contributed by atoms with Crippen LogP contribution in [0.5, 0.6) is 0 Å². The Labute approximate surface area is 122 Å². The van der Waals surface area contributed by atoms with Crippen LogP contribution >= 0.6 is 0 Å². The largest absolute Gasteiger partial charge is 0.471 e. The summed E-state index contributed by atoms with van der Waals surface area (Å²) in [5.41, 5.74) is -2.74. The molecular formula is C10H5F6N3O4. The Bertz CT molecular complexity index is 655. The third-order valence-corrected chi connectivity index (χ3v) is 2.21. The van der Waals surface area contributed by atoms with Gasteiger partial charge >= 0.3 is 24.2 Å². The smallest absolute Gasteiger partial charge is 0.318 e. The Hall–Kier alpha value is -2.86. The van der Waals surface area contributed by atoms with Crippen molar-refractivity contribution in [3.63, 3.8) is 0 Å². The minimum absolute atomic E-state index is 0.394. The maximum absolute atomic E-state index is 12.1. The summed E-state index contributed by atoms with van der Waals surface area (Å²) in [7, 11) is 0. The maximum Gasteiger partial charge on any atom is 0.471 e. The maximum atomic E-state index is 12.1. The molecule has 0 radical (unpaired) electrons. The number of hydrogen-bond acceptors (Lipinski definition) is 4. The van der Waals surface area contributed by atoms with Gasteiger partial charge in [0.1, 0.15) is 5.69 Å². The van der Waals surface area contributed by atoms with Gasteiger partial charge < -0.3 is 10.6 Å². The molecule has 1 aromatic rings. The second kappa shape index (κ2) is 6.10. The first-order valence-electron chi connectivity index (χ1n) is 5.37. The van der Waals surface area contributed by atoms with Crippen LogP contribution in [-0.2, 0) is 9.59 Å². The van der Waals surface area contributed by atoms with Gasteiger partial charge in [0.25, 0.3) is 5.69 Å². The zero-order valence-corrected chi connectivity index (χ0v) is 10.6. The number of nitrogens with zero attached hydrogens (tertiary/aromatic N) is 1. The SMILES string of the molecule is O=C(Nc1ccc([N+](=O)[O-])c(NC(=O)C(F)(F)F)c1)C(F)(F)F. The minimum Gasteiger partial charge on any atom is -0.318 e. The average molecular weight is 345 g/mol. The number of hydrogen-bond donors (Lipinski definition) is 2. The third kappa shape index (κ3) is 4.82. The van der Waals surface area contributed by atoms with E-state index in [1.807, 2.05) is 0 Å². The lowest BCUT2D eigenvalue weighted by Gasteiger charge is -2.11. The Morgan fingerprint density at radius 2 is 1.43 bits per heavy atom. The van der Waals surface area contributed by atoms with Crippen molar-refractivity contribution in [2.24, 2.45) is 0 Å². The number of rotatable bonds is 3. The first-order valence-corrected chi connectivity index (χ1v) is 5.37. The molecule has 0 saturated carbocycles. The molecule has 0 aliphatic rings. The molecule has 0 unspecified atom stereocenters. The van der Waals surface area contributed by atoms with E-state index in [0.717, 1.165) is 5.32 Å². The van der Waals surface area contributed by atoms with Gasteiger partial charge in [0.05, 0.1) is 4.92 Å². The van der Waals surface area contributed by atoms with Crippen LogP contribution in [0, 0.1) is 10.1 Å². The molecule has 0 heterocycles. The molecule has 23 heavy (non-hydrogen) atoms. The normalized spacial score (nSPS) is 11.7. The number of benzene rings is 1. The number of carbonyl (C=O) groups is 2. The van der Waals surface area contributed by atoms with Gasteiger partial charge in [-0.15, -0.1) is 0 Å². The molecule has 0 aliphatic heterocycles. The van der Waals surface area contributed by atoms with Crippen molar-refractivity contribution < 1.29 is 40.9 Å². The molecule has 2 N–H and O–H groups in total. The van der Waals surface area contributed by atoms with Gasteiger partial charge in [0, 0.05) is 11.8 Å². The lowest BCUT2D eigenvalue weighted by molar-refractivity contribution is -0.383. The predicted octanol–water partition coefficient (Wildman–Crippen LogP) is 2.60. The monoisotopic (exact) mass is 345 g/mol. The highest BCUT2D eigenvalue weighted by Crippen LogP contribution is 2.30. The molecule has 0 aromatic heterocycles. The summed E-state index contributed by atoms with van der Waals surface area (Å²) in [6, 6.07) is 1.58. The van der Waals surface area contributed by atoms with Crippen molar-refractivity contribution in [3.05, 3.63) is 28.3 Å². The summed E-state index contributed by atoms with van der Waals surface area (Å²) in [5, 5.41) is 13.1. The Balaban J connectivity index is 3.16. The highest BCUT2D eigenvalue weighted by Gasteiger charge is 2.40. The van der Waals surface area contributed by atoms with Crippen molar-refractivity contribution in [3.8, 4) is 0 Å². The number of nitrogens with one attached hydrogen (secondary N) is 2.